The molecule has 3 N–H and O–H groups in total. The van der Waals surface area contributed by atoms with Gasteiger partial charge in [0.2, 0.25) is 0 Å². The van der Waals surface area contributed by atoms with Crippen LogP contribution in [-0.2, 0) is 10.0 Å². The second-order valence-corrected chi connectivity index (χ2v) is 7.22. The van der Waals surface area contributed by atoms with E-state index in [-0.39, 0.29) is 20.8 Å². The first kappa shape index (κ1) is 15.4. The number of sulfonamides is 1. The maximum Gasteiger partial charge on any atom is 0.263 e. The lowest BCUT2D eigenvalue weighted by Crippen LogP contribution is -2.14. The summed E-state index contributed by atoms with van der Waals surface area (Å²) < 4.78 is 27.2. The molecule has 2 aromatic rings. The molecule has 0 unspecified atom stereocenters. The van der Waals surface area contributed by atoms with E-state index < -0.39 is 10.0 Å². The Bertz CT molecular complexity index is 748. The second kappa shape index (κ2) is 5.77. The standard InChI is InChI=1S/C11H8BrCl2N3O2S/c12-10-4-8(15)5-16-11(10)17-20(18,19)9-2-6(13)1-7(14)3-9/h1-5H,15H2,(H,16,17). The van der Waals surface area contributed by atoms with Gasteiger partial charge < -0.3 is 5.73 Å². The molecule has 0 bridgehead atoms. The molecule has 20 heavy (non-hydrogen) atoms. The van der Waals surface area contributed by atoms with Gasteiger partial charge in [0, 0.05) is 10.0 Å². The summed E-state index contributed by atoms with van der Waals surface area (Å²) in [7, 11) is -3.85. The average Bonchev–Trinajstić information content (AvgIpc) is 2.31. The highest BCUT2D eigenvalue weighted by Gasteiger charge is 2.18. The summed E-state index contributed by atoms with van der Waals surface area (Å²) in [5, 5.41) is 0.449. The molecule has 5 nitrogen and oxygen atoms in total. The van der Waals surface area contributed by atoms with Crippen LogP contribution in [0.25, 0.3) is 0 Å². The van der Waals surface area contributed by atoms with Crippen LogP contribution in [0.1, 0.15) is 0 Å². The number of nitrogens with one attached hydrogen (secondary N) is 1. The molecule has 1 heterocycles. The summed E-state index contributed by atoms with van der Waals surface area (Å²) in [4.78, 5) is 3.85. The lowest BCUT2D eigenvalue weighted by atomic mass is 10.4. The van der Waals surface area contributed by atoms with Crippen molar-refractivity contribution in [2.24, 2.45) is 0 Å². The molecule has 0 aliphatic rings. The number of hydrogen-bond acceptors (Lipinski definition) is 4. The second-order valence-electron chi connectivity index (χ2n) is 3.81. The minimum Gasteiger partial charge on any atom is -0.397 e. The predicted molar refractivity (Wildman–Crippen MR) is 83.6 cm³/mol. The van der Waals surface area contributed by atoms with Gasteiger partial charge in [-0.1, -0.05) is 23.2 Å². The first-order valence-electron chi connectivity index (χ1n) is 5.18. The van der Waals surface area contributed by atoms with Gasteiger partial charge in [-0.2, -0.15) is 0 Å². The van der Waals surface area contributed by atoms with Crippen LogP contribution in [0.15, 0.2) is 39.8 Å². The third kappa shape index (κ3) is 3.54. The molecule has 0 radical (unpaired) electrons. The number of anilines is 2. The largest absolute Gasteiger partial charge is 0.397 e. The summed E-state index contributed by atoms with van der Waals surface area (Å²) in [6.45, 7) is 0. The average molecular weight is 397 g/mol. The van der Waals surface area contributed by atoms with Crippen molar-refractivity contribution < 1.29 is 8.42 Å². The molecule has 0 fully saturated rings. The molecule has 2 rings (SSSR count). The maximum absolute atomic E-state index is 12.2. The molecule has 0 amide bonds. The molecular weight excluding hydrogens is 389 g/mol. The Kier molecular flexibility index (Phi) is 4.43. The van der Waals surface area contributed by atoms with Crippen LogP contribution in [0.5, 0.6) is 0 Å². The molecular formula is C11H8BrCl2N3O2S. The van der Waals surface area contributed by atoms with Crippen LogP contribution >= 0.6 is 39.1 Å². The Labute approximate surface area is 134 Å². The van der Waals surface area contributed by atoms with Crippen molar-refractivity contribution in [3.8, 4) is 0 Å². The molecule has 0 aliphatic carbocycles. The van der Waals surface area contributed by atoms with E-state index in [1.54, 1.807) is 0 Å². The Morgan fingerprint density at radius 1 is 1.15 bits per heavy atom. The molecule has 0 atom stereocenters. The zero-order valence-electron chi connectivity index (χ0n) is 9.77. The van der Waals surface area contributed by atoms with Crippen molar-refractivity contribution in [2.75, 3.05) is 10.5 Å². The van der Waals surface area contributed by atoms with Gasteiger partial charge >= 0.3 is 0 Å². The normalized spacial score (nSPS) is 11.3. The van der Waals surface area contributed by atoms with Crippen molar-refractivity contribution in [3.63, 3.8) is 0 Å². The van der Waals surface area contributed by atoms with Gasteiger partial charge in [0.05, 0.1) is 21.3 Å². The van der Waals surface area contributed by atoms with Crippen molar-refractivity contribution in [2.45, 2.75) is 4.90 Å². The first-order valence-corrected chi connectivity index (χ1v) is 8.21. The summed E-state index contributed by atoms with van der Waals surface area (Å²) >= 11 is 14.8. The van der Waals surface area contributed by atoms with Gasteiger partial charge in [-0.25, -0.2) is 13.4 Å². The van der Waals surface area contributed by atoms with Crippen LogP contribution < -0.4 is 10.5 Å². The summed E-state index contributed by atoms with van der Waals surface area (Å²) in [5.74, 6) is 0.121. The molecule has 0 aliphatic heterocycles. The van der Waals surface area contributed by atoms with Gasteiger partial charge in [0.15, 0.2) is 5.82 Å². The van der Waals surface area contributed by atoms with Gasteiger partial charge in [-0.3, -0.25) is 4.72 Å². The fourth-order valence-electron chi connectivity index (χ4n) is 1.40. The molecule has 1 aromatic carbocycles. The Morgan fingerprint density at radius 2 is 1.75 bits per heavy atom. The van der Waals surface area contributed by atoms with E-state index in [4.69, 9.17) is 28.9 Å². The minimum absolute atomic E-state index is 0.0551. The Balaban J connectivity index is 2.40. The fourth-order valence-corrected chi connectivity index (χ4v) is 3.75. The van der Waals surface area contributed by atoms with E-state index in [1.807, 2.05) is 0 Å². The Morgan fingerprint density at radius 3 is 2.30 bits per heavy atom. The van der Waals surface area contributed by atoms with Crippen LogP contribution in [0.3, 0.4) is 0 Å². The number of halogens is 3. The summed E-state index contributed by atoms with van der Waals surface area (Å²) in [5.41, 5.74) is 5.95. The van der Waals surface area contributed by atoms with E-state index in [2.05, 4.69) is 25.6 Å². The summed E-state index contributed by atoms with van der Waals surface area (Å²) in [6, 6.07) is 5.57. The van der Waals surface area contributed by atoms with Gasteiger partial charge in [0.1, 0.15) is 0 Å². The summed E-state index contributed by atoms with van der Waals surface area (Å²) in [6.07, 6.45) is 1.34. The topological polar surface area (TPSA) is 85.1 Å². The molecule has 0 saturated heterocycles. The quantitative estimate of drug-likeness (QED) is 0.830. The molecule has 1 aromatic heterocycles. The number of nitrogens with zero attached hydrogens (tertiary/aromatic N) is 1. The zero-order valence-corrected chi connectivity index (χ0v) is 13.7. The van der Waals surface area contributed by atoms with Crippen molar-refractivity contribution in [1.29, 1.82) is 0 Å². The van der Waals surface area contributed by atoms with Crippen LogP contribution in [0.2, 0.25) is 10.0 Å². The van der Waals surface area contributed by atoms with E-state index in [9.17, 15) is 8.42 Å². The van der Waals surface area contributed by atoms with E-state index in [0.29, 0.717) is 10.2 Å². The number of pyridine rings is 1. The van der Waals surface area contributed by atoms with E-state index in [1.165, 1.54) is 30.5 Å². The molecule has 106 valence electrons. The number of benzene rings is 1. The number of nitrogens with two attached hydrogens (primary N) is 1. The number of aromatic nitrogens is 1. The molecule has 9 heteroatoms. The number of hydrogen-bond donors (Lipinski definition) is 2. The van der Waals surface area contributed by atoms with Crippen molar-refractivity contribution >= 4 is 60.7 Å². The first-order chi connectivity index (χ1) is 9.28. The highest BCUT2D eigenvalue weighted by Crippen LogP contribution is 2.27. The Hall–Kier alpha value is -1.02. The predicted octanol–water partition coefficient (Wildman–Crippen LogP) is 3.53. The monoisotopic (exact) mass is 395 g/mol. The maximum atomic E-state index is 12.2. The fraction of sp³-hybridized carbons (Fsp3) is 0. The van der Waals surface area contributed by atoms with E-state index >= 15 is 0 Å². The zero-order chi connectivity index (χ0) is 14.9. The lowest BCUT2D eigenvalue weighted by molar-refractivity contribution is 0.601. The van der Waals surface area contributed by atoms with Gasteiger partial charge in [-0.05, 0) is 40.2 Å². The SMILES string of the molecule is Nc1cnc(NS(=O)(=O)c2cc(Cl)cc(Cl)c2)c(Br)c1. The smallest absolute Gasteiger partial charge is 0.263 e. The van der Waals surface area contributed by atoms with Crippen molar-refractivity contribution in [1.82, 2.24) is 4.98 Å². The highest BCUT2D eigenvalue weighted by molar-refractivity contribution is 9.10. The van der Waals surface area contributed by atoms with Crippen LogP contribution in [0, 0.1) is 0 Å². The van der Waals surface area contributed by atoms with Gasteiger partial charge in [-0.15, -0.1) is 0 Å². The van der Waals surface area contributed by atoms with Crippen LogP contribution in [-0.4, -0.2) is 13.4 Å². The third-order valence-electron chi connectivity index (χ3n) is 2.24. The lowest BCUT2D eigenvalue weighted by Gasteiger charge is -2.10. The third-order valence-corrected chi connectivity index (χ3v) is 4.60. The van der Waals surface area contributed by atoms with Gasteiger partial charge in [0.25, 0.3) is 10.0 Å². The molecule has 0 spiro atoms. The highest BCUT2D eigenvalue weighted by atomic mass is 79.9. The number of nitrogen functional groups attached to an aromatic ring is 1. The van der Waals surface area contributed by atoms with E-state index in [0.717, 1.165) is 0 Å². The minimum atomic E-state index is -3.85. The number of rotatable bonds is 3. The molecule has 0 saturated carbocycles. The van der Waals surface area contributed by atoms with Crippen molar-refractivity contribution in [3.05, 3.63) is 45.0 Å². The van der Waals surface area contributed by atoms with Crippen LogP contribution in [0.4, 0.5) is 11.5 Å².